The Kier molecular flexibility index (Phi) is 10.3. The molecule has 2 aliphatic rings. The third kappa shape index (κ3) is 8.54. The molecule has 1 amide bonds. The van der Waals surface area contributed by atoms with Crippen molar-refractivity contribution >= 4 is 23.0 Å². The molecule has 1 saturated carbocycles. The summed E-state index contributed by atoms with van der Waals surface area (Å²) in [7, 11) is 0. The second-order valence-corrected chi connectivity index (χ2v) is 11.4. The van der Waals surface area contributed by atoms with Gasteiger partial charge in [-0.2, -0.15) is 31.6 Å². The molecule has 0 radical (unpaired) electrons. The van der Waals surface area contributed by atoms with Gasteiger partial charge in [0, 0.05) is 49.0 Å². The Morgan fingerprint density at radius 1 is 0.886 bits per heavy atom. The number of likely N-dealkylation sites (tertiary alicyclic amines) is 1. The van der Waals surface area contributed by atoms with Gasteiger partial charge in [-0.25, -0.2) is 0 Å². The van der Waals surface area contributed by atoms with Crippen LogP contribution in [-0.2, 0) is 17.1 Å². The van der Waals surface area contributed by atoms with E-state index in [2.05, 4.69) is 10.6 Å². The summed E-state index contributed by atoms with van der Waals surface area (Å²) in [5.41, 5.74) is -3.20. The van der Waals surface area contributed by atoms with Crippen molar-refractivity contribution in [2.24, 2.45) is 5.92 Å². The van der Waals surface area contributed by atoms with Crippen molar-refractivity contribution in [3.8, 4) is 6.07 Å². The molecule has 2 fully saturated rings. The van der Waals surface area contributed by atoms with Gasteiger partial charge in [0.05, 0.1) is 22.1 Å². The van der Waals surface area contributed by atoms with Crippen LogP contribution in [0.1, 0.15) is 74.5 Å². The number of alkyl halides is 6. The van der Waals surface area contributed by atoms with E-state index in [1.54, 1.807) is 11.0 Å². The van der Waals surface area contributed by atoms with Crippen LogP contribution in [-0.4, -0.2) is 40.9 Å². The van der Waals surface area contributed by atoms with Crippen molar-refractivity contribution < 1.29 is 36.1 Å². The average Bonchev–Trinajstić information content (AvgIpc) is 2.97. The second kappa shape index (κ2) is 13.7. The normalized spacial score (nSPS) is 19.7. The molecule has 14 heteroatoms. The van der Waals surface area contributed by atoms with Crippen LogP contribution >= 0.6 is 0 Å². The van der Waals surface area contributed by atoms with Crippen molar-refractivity contribution in [1.82, 2.24) is 4.90 Å². The molecule has 0 atom stereocenters. The van der Waals surface area contributed by atoms with E-state index in [-0.39, 0.29) is 23.7 Å². The van der Waals surface area contributed by atoms with Gasteiger partial charge in [0.15, 0.2) is 0 Å². The van der Waals surface area contributed by atoms with Crippen molar-refractivity contribution in [2.45, 2.75) is 82.2 Å². The van der Waals surface area contributed by atoms with Crippen LogP contribution in [0.2, 0.25) is 0 Å². The quantitative estimate of drug-likeness (QED) is 0.168. The molecule has 4 rings (SSSR count). The summed E-state index contributed by atoms with van der Waals surface area (Å²) in [6.07, 6.45) is -3.06. The van der Waals surface area contributed by atoms with Gasteiger partial charge >= 0.3 is 12.4 Å². The maximum Gasteiger partial charge on any atom is 0.423 e. The molecule has 1 aliphatic heterocycles. The molecule has 238 valence electrons. The lowest BCUT2D eigenvalue weighted by Crippen LogP contribution is -2.42. The van der Waals surface area contributed by atoms with Crippen LogP contribution in [0.25, 0.3) is 0 Å². The first-order valence-corrected chi connectivity index (χ1v) is 14.5. The number of rotatable bonds is 9. The second-order valence-electron chi connectivity index (χ2n) is 11.4. The minimum absolute atomic E-state index is 0.0229. The first-order valence-electron chi connectivity index (χ1n) is 14.5. The molecule has 2 aromatic carbocycles. The summed E-state index contributed by atoms with van der Waals surface area (Å²) in [5, 5.41) is 26.1. The number of nitrogens with one attached hydrogen (secondary N) is 2. The minimum Gasteiger partial charge on any atom is -0.382 e. The van der Waals surface area contributed by atoms with E-state index in [1.807, 2.05) is 0 Å². The van der Waals surface area contributed by atoms with E-state index in [0.29, 0.717) is 50.4 Å². The van der Waals surface area contributed by atoms with Crippen molar-refractivity contribution in [2.75, 3.05) is 23.7 Å². The van der Waals surface area contributed by atoms with Gasteiger partial charge in [0.25, 0.3) is 5.69 Å². The maximum absolute atomic E-state index is 13.3. The standard InChI is InChI=1S/C30H33F6N5O3/c31-29(32,33)25-16-23(9-6-20(25)18-37)38-21-7-4-19(5-8-21)2-1-3-28(42)40-14-12-22(13-15-40)39-24-10-11-27(41(43)44)26(17-24)30(34,35)36/h6,9-11,16-17,19,21-22,38-39H,1-5,7-8,12-15H2. The summed E-state index contributed by atoms with van der Waals surface area (Å²) in [5.74, 6) is 0.445. The highest BCUT2D eigenvalue weighted by Crippen LogP contribution is 2.38. The Labute approximate surface area is 250 Å². The average molecular weight is 626 g/mol. The zero-order valence-electron chi connectivity index (χ0n) is 23.8. The number of carbonyl (C=O) groups is 1. The number of anilines is 2. The number of halogens is 6. The largest absolute Gasteiger partial charge is 0.423 e. The molecule has 0 spiro atoms. The number of carbonyl (C=O) groups excluding carboxylic acids is 1. The van der Waals surface area contributed by atoms with Gasteiger partial charge in [-0.15, -0.1) is 0 Å². The van der Waals surface area contributed by atoms with Crippen LogP contribution in [0.4, 0.5) is 43.4 Å². The van der Waals surface area contributed by atoms with E-state index in [4.69, 9.17) is 5.26 Å². The summed E-state index contributed by atoms with van der Waals surface area (Å²) >= 11 is 0. The highest BCUT2D eigenvalue weighted by atomic mass is 19.4. The Bertz CT molecular complexity index is 1370. The lowest BCUT2D eigenvalue weighted by atomic mass is 9.83. The van der Waals surface area contributed by atoms with E-state index in [9.17, 15) is 41.3 Å². The topological polar surface area (TPSA) is 111 Å². The first-order chi connectivity index (χ1) is 20.7. The molecule has 1 aliphatic carbocycles. The number of hydrogen-bond acceptors (Lipinski definition) is 6. The Morgan fingerprint density at radius 3 is 1.98 bits per heavy atom. The summed E-state index contributed by atoms with van der Waals surface area (Å²) in [4.78, 5) is 24.4. The van der Waals surface area contributed by atoms with Gasteiger partial charge in [-0.3, -0.25) is 14.9 Å². The maximum atomic E-state index is 13.3. The Hall–Kier alpha value is -4.02. The number of benzene rings is 2. The van der Waals surface area contributed by atoms with E-state index in [1.165, 1.54) is 18.2 Å². The molecule has 0 bridgehead atoms. The summed E-state index contributed by atoms with van der Waals surface area (Å²) < 4.78 is 79.6. The molecule has 0 aromatic heterocycles. The van der Waals surface area contributed by atoms with Gasteiger partial charge in [-0.1, -0.05) is 0 Å². The van der Waals surface area contributed by atoms with Gasteiger partial charge in [0.1, 0.15) is 5.56 Å². The lowest BCUT2D eigenvalue weighted by molar-refractivity contribution is -0.388. The lowest BCUT2D eigenvalue weighted by Gasteiger charge is -2.33. The third-order valence-corrected chi connectivity index (χ3v) is 8.38. The van der Waals surface area contributed by atoms with Crippen LogP contribution in [0.5, 0.6) is 0 Å². The number of amides is 1. The Balaban J connectivity index is 1.16. The van der Waals surface area contributed by atoms with E-state index < -0.39 is 39.7 Å². The van der Waals surface area contributed by atoms with Crippen molar-refractivity contribution in [1.29, 1.82) is 5.26 Å². The monoisotopic (exact) mass is 625 g/mol. The van der Waals surface area contributed by atoms with Crippen LogP contribution in [0.15, 0.2) is 36.4 Å². The van der Waals surface area contributed by atoms with E-state index >= 15 is 0 Å². The fourth-order valence-corrected chi connectivity index (χ4v) is 6.02. The Morgan fingerprint density at radius 2 is 1.43 bits per heavy atom. The molecular formula is C30H33F6N5O3. The summed E-state index contributed by atoms with van der Waals surface area (Å²) in [6, 6.07) is 7.93. The molecule has 1 heterocycles. The SMILES string of the molecule is N#Cc1ccc(NC2CCC(CCCC(=O)N3CCC(Nc4ccc([N+](=O)[O-])c(C(F)(F)F)c4)CC3)CC2)cc1C(F)(F)F. The molecule has 2 aromatic rings. The smallest absolute Gasteiger partial charge is 0.382 e. The number of nitro groups is 1. The highest BCUT2D eigenvalue weighted by Gasteiger charge is 2.39. The number of nitriles is 1. The van der Waals surface area contributed by atoms with Crippen molar-refractivity contribution in [3.05, 3.63) is 63.2 Å². The van der Waals surface area contributed by atoms with Crippen LogP contribution in [0.3, 0.4) is 0 Å². The van der Waals surface area contributed by atoms with E-state index in [0.717, 1.165) is 50.3 Å². The van der Waals surface area contributed by atoms with Crippen LogP contribution < -0.4 is 10.6 Å². The molecule has 2 N–H and O–H groups in total. The molecular weight excluding hydrogens is 592 g/mol. The number of nitrogens with zero attached hydrogens (tertiary/aromatic N) is 3. The number of nitro benzene ring substituents is 1. The number of piperidine rings is 1. The van der Waals surface area contributed by atoms with Crippen molar-refractivity contribution in [3.63, 3.8) is 0 Å². The zero-order chi connectivity index (χ0) is 32.1. The van der Waals surface area contributed by atoms with Gasteiger partial charge in [-0.05, 0) is 87.6 Å². The highest BCUT2D eigenvalue weighted by molar-refractivity contribution is 5.76. The number of hydrogen-bond donors (Lipinski definition) is 2. The van der Waals surface area contributed by atoms with Gasteiger partial charge in [0.2, 0.25) is 5.91 Å². The minimum atomic E-state index is -4.86. The predicted octanol–water partition coefficient (Wildman–Crippen LogP) is 7.75. The fraction of sp³-hybridized carbons (Fsp3) is 0.533. The molecule has 44 heavy (non-hydrogen) atoms. The third-order valence-electron chi connectivity index (χ3n) is 8.38. The van der Waals surface area contributed by atoms with Crippen LogP contribution in [0, 0.1) is 27.4 Å². The molecule has 8 nitrogen and oxygen atoms in total. The van der Waals surface area contributed by atoms with Gasteiger partial charge < -0.3 is 15.5 Å². The summed E-state index contributed by atoms with van der Waals surface area (Å²) in [6.45, 7) is 0.912. The first kappa shape index (κ1) is 32.9. The fourth-order valence-electron chi connectivity index (χ4n) is 6.02. The predicted molar refractivity (Wildman–Crippen MR) is 151 cm³/mol. The molecule has 1 saturated heterocycles. The molecule has 0 unspecified atom stereocenters. The zero-order valence-corrected chi connectivity index (χ0v) is 23.8.